The number of aliphatic hydroxyl groups excluding tert-OH is 3. The molecule has 4 N–H and O–H groups in total. The molecule has 5 nitrogen and oxygen atoms in total. The summed E-state index contributed by atoms with van der Waals surface area (Å²) >= 11 is 0. The molecular weight excluding hydrogens is 150 g/mol. The Morgan fingerprint density at radius 1 is 1.45 bits per heavy atom. The van der Waals surface area contributed by atoms with Gasteiger partial charge in [0.15, 0.2) is 0 Å². The second kappa shape index (κ2) is 5.06. The van der Waals surface area contributed by atoms with Gasteiger partial charge in [-0.2, -0.15) is 0 Å². The largest absolute Gasteiger partial charge is 0.394 e. The molecule has 11 heavy (non-hydrogen) atoms. The van der Waals surface area contributed by atoms with E-state index in [1.165, 1.54) is 6.92 Å². The molecule has 0 saturated carbocycles. The van der Waals surface area contributed by atoms with Crippen LogP contribution in [0.15, 0.2) is 0 Å². The van der Waals surface area contributed by atoms with E-state index in [2.05, 4.69) is 5.32 Å². The Balaban J connectivity index is 3.84. The first-order valence-corrected chi connectivity index (χ1v) is 3.28. The van der Waals surface area contributed by atoms with Crippen LogP contribution < -0.4 is 5.32 Å². The Kier molecular flexibility index (Phi) is 4.76. The third-order valence-electron chi connectivity index (χ3n) is 1.24. The van der Waals surface area contributed by atoms with Gasteiger partial charge in [0.1, 0.15) is 0 Å². The molecule has 66 valence electrons. The number of hydrogen-bond donors (Lipinski definition) is 4. The van der Waals surface area contributed by atoms with E-state index < -0.39 is 18.8 Å². The van der Waals surface area contributed by atoms with E-state index in [-0.39, 0.29) is 12.5 Å². The predicted molar refractivity (Wildman–Crippen MR) is 37.8 cm³/mol. The van der Waals surface area contributed by atoms with Crippen molar-refractivity contribution in [1.82, 2.24) is 5.32 Å². The minimum Gasteiger partial charge on any atom is -0.394 e. The van der Waals surface area contributed by atoms with Gasteiger partial charge in [-0.25, -0.2) is 0 Å². The van der Waals surface area contributed by atoms with Crippen molar-refractivity contribution in [3.05, 3.63) is 0 Å². The zero-order chi connectivity index (χ0) is 8.85. The van der Waals surface area contributed by atoms with Gasteiger partial charge in [0.25, 0.3) is 0 Å². The highest BCUT2D eigenvalue weighted by atomic mass is 16.3. The smallest absolute Gasteiger partial charge is 0.217 e. The average Bonchev–Trinajstić information content (AvgIpc) is 1.98. The monoisotopic (exact) mass is 163 g/mol. The summed E-state index contributed by atoms with van der Waals surface area (Å²) in [4.78, 5) is 10.4. The molecule has 0 radical (unpaired) electrons. The summed E-state index contributed by atoms with van der Waals surface area (Å²) in [5.74, 6) is -0.350. The molecule has 0 saturated heterocycles. The molecule has 0 aromatic rings. The fourth-order valence-electron chi connectivity index (χ4n) is 0.652. The topological polar surface area (TPSA) is 89.8 Å². The van der Waals surface area contributed by atoms with Crippen LogP contribution in [0.25, 0.3) is 0 Å². The fraction of sp³-hybridized carbons (Fsp3) is 0.833. The summed E-state index contributed by atoms with van der Waals surface area (Å²) in [5.41, 5.74) is 0. The summed E-state index contributed by atoms with van der Waals surface area (Å²) in [6.45, 7) is 0.402. The highest BCUT2D eigenvalue weighted by Crippen LogP contribution is 1.90. The van der Waals surface area contributed by atoms with Crippen LogP contribution in [0.4, 0.5) is 0 Å². The van der Waals surface area contributed by atoms with Crippen molar-refractivity contribution in [2.45, 2.75) is 19.1 Å². The van der Waals surface area contributed by atoms with Crippen LogP contribution in [0.3, 0.4) is 0 Å². The maximum atomic E-state index is 10.4. The Bertz CT molecular complexity index is 128. The number of hydrogen-bond acceptors (Lipinski definition) is 4. The lowest BCUT2D eigenvalue weighted by Gasteiger charge is -2.19. The number of amides is 1. The molecule has 1 amide bonds. The first-order valence-electron chi connectivity index (χ1n) is 3.28. The van der Waals surface area contributed by atoms with E-state index in [0.29, 0.717) is 0 Å². The maximum Gasteiger partial charge on any atom is 0.217 e. The summed E-state index contributed by atoms with van der Waals surface area (Å²) in [7, 11) is 0. The molecule has 0 aromatic carbocycles. The number of carbonyl (C=O) groups excluding carboxylic acids is 1. The van der Waals surface area contributed by atoms with Crippen LogP contribution in [-0.4, -0.2) is 46.6 Å². The van der Waals surface area contributed by atoms with Gasteiger partial charge in [-0.05, 0) is 0 Å². The van der Waals surface area contributed by atoms with E-state index in [9.17, 15) is 4.79 Å². The summed E-state index contributed by atoms with van der Waals surface area (Å²) in [5, 5.41) is 28.3. The first kappa shape index (κ1) is 10.3. The van der Waals surface area contributed by atoms with Crippen LogP contribution in [0, 0.1) is 0 Å². The molecule has 0 heterocycles. The van der Waals surface area contributed by atoms with E-state index >= 15 is 0 Å². The second-order valence-corrected chi connectivity index (χ2v) is 2.24. The Hall–Kier alpha value is -0.650. The van der Waals surface area contributed by atoms with Crippen molar-refractivity contribution in [3.8, 4) is 0 Å². The third-order valence-corrected chi connectivity index (χ3v) is 1.24. The molecule has 2 atom stereocenters. The molecule has 0 spiro atoms. The van der Waals surface area contributed by atoms with Gasteiger partial charge in [0.05, 0.1) is 25.4 Å². The predicted octanol–water partition coefficient (Wildman–Crippen LogP) is -2.16. The molecule has 0 fully saturated rings. The lowest BCUT2D eigenvalue weighted by atomic mass is 10.2. The van der Waals surface area contributed by atoms with E-state index in [4.69, 9.17) is 15.3 Å². The molecule has 0 aliphatic heterocycles. The van der Waals surface area contributed by atoms with E-state index in [1.807, 2.05) is 0 Å². The molecule has 2 unspecified atom stereocenters. The van der Waals surface area contributed by atoms with Crippen LogP contribution in [0.2, 0.25) is 0 Å². The van der Waals surface area contributed by atoms with Crippen molar-refractivity contribution in [3.63, 3.8) is 0 Å². The summed E-state index contributed by atoms with van der Waals surface area (Å²) < 4.78 is 0. The minimum atomic E-state index is -1.11. The van der Waals surface area contributed by atoms with Gasteiger partial charge in [-0.1, -0.05) is 0 Å². The SMILES string of the molecule is CC(=O)NC(CO)C(O)CO. The zero-order valence-corrected chi connectivity index (χ0v) is 6.32. The molecule has 0 aliphatic rings. The normalized spacial score (nSPS) is 15.6. The average molecular weight is 163 g/mol. The third kappa shape index (κ3) is 3.92. The standard InChI is InChI=1S/C6H13NO4/c1-4(10)7-5(2-8)6(11)3-9/h5-6,8-9,11H,2-3H2,1H3,(H,7,10). The van der Waals surface area contributed by atoms with Crippen LogP contribution >= 0.6 is 0 Å². The highest BCUT2D eigenvalue weighted by Gasteiger charge is 2.17. The molecule has 0 aliphatic carbocycles. The Morgan fingerprint density at radius 2 is 2.00 bits per heavy atom. The Labute approximate surface area is 64.7 Å². The quantitative estimate of drug-likeness (QED) is 0.380. The zero-order valence-electron chi connectivity index (χ0n) is 6.32. The summed E-state index contributed by atoms with van der Waals surface area (Å²) in [6.07, 6.45) is -1.11. The second-order valence-electron chi connectivity index (χ2n) is 2.24. The van der Waals surface area contributed by atoms with Crippen molar-refractivity contribution in [2.75, 3.05) is 13.2 Å². The molecule has 0 bridgehead atoms. The van der Waals surface area contributed by atoms with Crippen molar-refractivity contribution in [2.24, 2.45) is 0 Å². The number of rotatable bonds is 4. The van der Waals surface area contributed by atoms with Crippen LogP contribution in [0.1, 0.15) is 6.92 Å². The number of aliphatic hydroxyl groups is 3. The van der Waals surface area contributed by atoms with Crippen molar-refractivity contribution < 1.29 is 20.1 Å². The molecular formula is C6H13NO4. The van der Waals surface area contributed by atoms with Gasteiger partial charge in [0, 0.05) is 6.92 Å². The minimum absolute atomic E-state index is 0.350. The van der Waals surface area contributed by atoms with Gasteiger partial charge in [0.2, 0.25) is 5.91 Å². The van der Waals surface area contributed by atoms with Crippen molar-refractivity contribution >= 4 is 5.91 Å². The van der Waals surface area contributed by atoms with Crippen LogP contribution in [-0.2, 0) is 4.79 Å². The Morgan fingerprint density at radius 3 is 2.27 bits per heavy atom. The van der Waals surface area contributed by atoms with Gasteiger partial charge in [-0.3, -0.25) is 4.79 Å². The maximum absolute atomic E-state index is 10.4. The van der Waals surface area contributed by atoms with E-state index in [1.54, 1.807) is 0 Å². The molecule has 5 heteroatoms. The molecule has 0 rings (SSSR count). The first-order chi connectivity index (χ1) is 5.11. The fourth-order valence-corrected chi connectivity index (χ4v) is 0.652. The van der Waals surface area contributed by atoms with Gasteiger partial charge < -0.3 is 20.6 Å². The highest BCUT2D eigenvalue weighted by molar-refractivity contribution is 5.73. The number of nitrogens with one attached hydrogen (secondary N) is 1. The summed E-state index contributed by atoms with van der Waals surface area (Å²) in [6, 6.07) is -0.780. The van der Waals surface area contributed by atoms with E-state index in [0.717, 1.165) is 0 Å². The lowest BCUT2D eigenvalue weighted by Crippen LogP contribution is -2.46. The molecule has 0 aromatic heterocycles. The van der Waals surface area contributed by atoms with Gasteiger partial charge >= 0.3 is 0 Å². The van der Waals surface area contributed by atoms with Crippen molar-refractivity contribution in [1.29, 1.82) is 0 Å². The number of carbonyl (C=O) groups is 1. The van der Waals surface area contributed by atoms with Crippen LogP contribution in [0.5, 0.6) is 0 Å². The lowest BCUT2D eigenvalue weighted by molar-refractivity contribution is -0.121. The van der Waals surface area contributed by atoms with Gasteiger partial charge in [-0.15, -0.1) is 0 Å².